The lowest BCUT2D eigenvalue weighted by Crippen LogP contribution is -2.46. The summed E-state index contributed by atoms with van der Waals surface area (Å²) < 4.78 is 4.72. The van der Waals surface area contributed by atoms with E-state index < -0.39 is 17.4 Å². The minimum absolute atomic E-state index is 0.0891. The standard InChI is InChI=1S/C8H16N2O3/c1-3-13-7(12)8(2,10)5-4-6(9)11/h3-5,10H2,1-2H3,(H2,9,11)/t8-/m0/s1. The molecular formula is C8H16N2O3. The van der Waals surface area contributed by atoms with Gasteiger partial charge in [-0.15, -0.1) is 0 Å². The normalized spacial score (nSPS) is 14.7. The number of hydrogen-bond acceptors (Lipinski definition) is 4. The van der Waals surface area contributed by atoms with Crippen molar-refractivity contribution in [3.8, 4) is 0 Å². The first kappa shape index (κ1) is 11.9. The molecule has 0 unspecified atom stereocenters. The van der Waals surface area contributed by atoms with Gasteiger partial charge in [-0.2, -0.15) is 0 Å². The average Bonchev–Trinajstić information content (AvgIpc) is 2.01. The fourth-order valence-electron chi connectivity index (χ4n) is 0.781. The highest BCUT2D eigenvalue weighted by Gasteiger charge is 2.29. The van der Waals surface area contributed by atoms with E-state index in [9.17, 15) is 9.59 Å². The molecule has 0 fully saturated rings. The quantitative estimate of drug-likeness (QED) is 0.570. The highest BCUT2D eigenvalue weighted by molar-refractivity contribution is 5.81. The molecule has 0 bridgehead atoms. The number of rotatable bonds is 5. The zero-order valence-electron chi connectivity index (χ0n) is 8.00. The van der Waals surface area contributed by atoms with Crippen LogP contribution in [0.2, 0.25) is 0 Å². The number of esters is 1. The Labute approximate surface area is 77.4 Å². The van der Waals surface area contributed by atoms with Gasteiger partial charge in [0.1, 0.15) is 5.54 Å². The monoisotopic (exact) mass is 188 g/mol. The molecule has 5 nitrogen and oxygen atoms in total. The predicted octanol–water partition coefficient (Wildman–Crippen LogP) is -0.468. The van der Waals surface area contributed by atoms with Crippen LogP contribution >= 0.6 is 0 Å². The van der Waals surface area contributed by atoms with Gasteiger partial charge in [-0.1, -0.05) is 0 Å². The van der Waals surface area contributed by atoms with Crippen molar-refractivity contribution in [3.05, 3.63) is 0 Å². The molecule has 0 aliphatic heterocycles. The summed E-state index contributed by atoms with van der Waals surface area (Å²) >= 11 is 0. The Morgan fingerprint density at radius 1 is 1.46 bits per heavy atom. The van der Waals surface area contributed by atoms with Crippen LogP contribution in [0.1, 0.15) is 26.7 Å². The van der Waals surface area contributed by atoms with Crippen molar-refractivity contribution in [1.82, 2.24) is 0 Å². The summed E-state index contributed by atoms with van der Waals surface area (Å²) in [5.41, 5.74) is 9.42. The Bertz CT molecular complexity index is 202. The van der Waals surface area contributed by atoms with Gasteiger partial charge in [0.05, 0.1) is 6.61 Å². The molecule has 1 atom stereocenters. The largest absolute Gasteiger partial charge is 0.465 e. The molecule has 0 aromatic rings. The third-order valence-electron chi connectivity index (χ3n) is 1.63. The summed E-state index contributed by atoms with van der Waals surface area (Å²) in [6.45, 7) is 3.50. The number of nitrogens with two attached hydrogens (primary N) is 2. The highest BCUT2D eigenvalue weighted by atomic mass is 16.5. The van der Waals surface area contributed by atoms with Crippen LogP contribution < -0.4 is 11.5 Å². The minimum atomic E-state index is -1.12. The summed E-state index contributed by atoms with van der Waals surface area (Å²) in [7, 11) is 0. The lowest BCUT2D eigenvalue weighted by molar-refractivity contribution is -0.149. The first-order chi connectivity index (χ1) is 5.90. The lowest BCUT2D eigenvalue weighted by Gasteiger charge is -2.21. The van der Waals surface area contributed by atoms with Gasteiger partial charge in [-0.05, 0) is 20.3 Å². The Hall–Kier alpha value is -1.10. The molecule has 0 heterocycles. The van der Waals surface area contributed by atoms with Crippen LogP contribution in [0.15, 0.2) is 0 Å². The molecule has 4 N–H and O–H groups in total. The second-order valence-electron chi connectivity index (χ2n) is 3.10. The Balaban J connectivity index is 4.05. The molecule has 1 amide bonds. The molecule has 0 spiro atoms. The molecule has 13 heavy (non-hydrogen) atoms. The molecule has 0 aromatic carbocycles. The number of hydrogen-bond donors (Lipinski definition) is 2. The summed E-state index contributed by atoms with van der Waals surface area (Å²) in [6, 6.07) is 0. The zero-order chi connectivity index (χ0) is 10.5. The van der Waals surface area contributed by atoms with E-state index in [1.54, 1.807) is 6.92 Å². The Kier molecular flexibility index (Phi) is 4.40. The van der Waals surface area contributed by atoms with Crippen LogP contribution in [0.5, 0.6) is 0 Å². The van der Waals surface area contributed by atoms with Crippen LogP contribution in [0.4, 0.5) is 0 Å². The third-order valence-corrected chi connectivity index (χ3v) is 1.63. The van der Waals surface area contributed by atoms with E-state index in [2.05, 4.69) is 0 Å². The van der Waals surface area contributed by atoms with E-state index >= 15 is 0 Å². The SMILES string of the molecule is CCOC(=O)[C@@](C)(N)CCC(N)=O. The van der Waals surface area contributed by atoms with Crippen LogP contribution in [-0.2, 0) is 14.3 Å². The maximum absolute atomic E-state index is 11.2. The van der Waals surface area contributed by atoms with E-state index in [1.165, 1.54) is 6.92 Å². The van der Waals surface area contributed by atoms with Gasteiger partial charge < -0.3 is 16.2 Å². The van der Waals surface area contributed by atoms with Gasteiger partial charge in [0.15, 0.2) is 0 Å². The molecule has 0 saturated carbocycles. The minimum Gasteiger partial charge on any atom is -0.465 e. The van der Waals surface area contributed by atoms with Crippen molar-refractivity contribution in [2.45, 2.75) is 32.2 Å². The van der Waals surface area contributed by atoms with Crippen LogP contribution in [-0.4, -0.2) is 24.0 Å². The Morgan fingerprint density at radius 2 is 2.00 bits per heavy atom. The van der Waals surface area contributed by atoms with Crippen LogP contribution in [0, 0.1) is 0 Å². The molecule has 0 radical (unpaired) electrons. The first-order valence-corrected chi connectivity index (χ1v) is 4.14. The van der Waals surface area contributed by atoms with Crippen molar-refractivity contribution in [1.29, 1.82) is 0 Å². The summed E-state index contributed by atoms with van der Waals surface area (Å²) in [6.07, 6.45) is 0.299. The van der Waals surface area contributed by atoms with Crippen molar-refractivity contribution >= 4 is 11.9 Å². The summed E-state index contributed by atoms with van der Waals surface area (Å²) in [5.74, 6) is -0.975. The molecular weight excluding hydrogens is 172 g/mol. The summed E-state index contributed by atoms with van der Waals surface area (Å²) in [4.78, 5) is 21.6. The number of carbonyl (C=O) groups is 2. The molecule has 5 heteroatoms. The van der Waals surface area contributed by atoms with Gasteiger partial charge in [0.2, 0.25) is 5.91 Å². The van der Waals surface area contributed by atoms with Gasteiger partial charge in [-0.3, -0.25) is 9.59 Å². The fraction of sp³-hybridized carbons (Fsp3) is 0.750. The zero-order valence-corrected chi connectivity index (χ0v) is 8.00. The number of ether oxygens (including phenoxy) is 1. The average molecular weight is 188 g/mol. The molecule has 0 aliphatic carbocycles. The number of carbonyl (C=O) groups excluding carboxylic acids is 2. The second-order valence-corrected chi connectivity index (χ2v) is 3.10. The van der Waals surface area contributed by atoms with Crippen LogP contribution in [0.3, 0.4) is 0 Å². The van der Waals surface area contributed by atoms with Gasteiger partial charge in [0.25, 0.3) is 0 Å². The van der Waals surface area contributed by atoms with Crippen molar-refractivity contribution in [2.75, 3.05) is 6.61 Å². The maximum atomic E-state index is 11.2. The molecule has 0 aromatic heterocycles. The highest BCUT2D eigenvalue weighted by Crippen LogP contribution is 2.10. The van der Waals surface area contributed by atoms with E-state index in [0.29, 0.717) is 0 Å². The van der Waals surface area contributed by atoms with E-state index in [0.717, 1.165) is 0 Å². The smallest absolute Gasteiger partial charge is 0.325 e. The van der Waals surface area contributed by atoms with Crippen molar-refractivity contribution in [2.24, 2.45) is 11.5 Å². The van der Waals surface area contributed by atoms with Crippen molar-refractivity contribution < 1.29 is 14.3 Å². The lowest BCUT2D eigenvalue weighted by atomic mass is 9.97. The van der Waals surface area contributed by atoms with Crippen LogP contribution in [0.25, 0.3) is 0 Å². The molecule has 0 saturated heterocycles. The second kappa shape index (κ2) is 4.81. The Morgan fingerprint density at radius 3 is 2.38 bits per heavy atom. The van der Waals surface area contributed by atoms with Crippen molar-refractivity contribution in [3.63, 3.8) is 0 Å². The van der Waals surface area contributed by atoms with Gasteiger partial charge in [0, 0.05) is 6.42 Å². The number of primary amides is 1. The molecule has 76 valence electrons. The first-order valence-electron chi connectivity index (χ1n) is 4.14. The fourth-order valence-corrected chi connectivity index (χ4v) is 0.781. The third kappa shape index (κ3) is 4.47. The van der Waals surface area contributed by atoms with E-state index in [4.69, 9.17) is 16.2 Å². The predicted molar refractivity (Wildman–Crippen MR) is 47.7 cm³/mol. The molecule has 0 aliphatic rings. The summed E-state index contributed by atoms with van der Waals surface area (Å²) in [5, 5.41) is 0. The van der Waals surface area contributed by atoms with Gasteiger partial charge in [-0.25, -0.2) is 0 Å². The van der Waals surface area contributed by atoms with Gasteiger partial charge >= 0.3 is 5.97 Å². The molecule has 0 rings (SSSR count). The van der Waals surface area contributed by atoms with E-state index in [-0.39, 0.29) is 19.4 Å². The maximum Gasteiger partial charge on any atom is 0.325 e. The number of amides is 1. The topological polar surface area (TPSA) is 95.4 Å². The van der Waals surface area contributed by atoms with E-state index in [1.807, 2.05) is 0 Å².